The molecule has 0 aromatic heterocycles. The van der Waals surface area contributed by atoms with E-state index in [0.29, 0.717) is 6.42 Å². The lowest BCUT2D eigenvalue weighted by molar-refractivity contribution is -0.139. The maximum Gasteiger partial charge on any atom is 0.303 e. The number of aliphatic hydroxyl groups is 1. The van der Waals surface area contributed by atoms with E-state index in [1.807, 2.05) is 20.8 Å². The van der Waals surface area contributed by atoms with Crippen LogP contribution in [0.1, 0.15) is 33.6 Å². The zero-order valence-corrected chi connectivity index (χ0v) is 8.45. The molecule has 1 rings (SSSR count). The molecule has 1 aliphatic rings. The van der Waals surface area contributed by atoms with Crippen LogP contribution in [0.2, 0.25) is 0 Å². The molecule has 1 saturated carbocycles. The summed E-state index contributed by atoms with van der Waals surface area (Å²) in [6, 6.07) is 0. The second-order valence-electron chi connectivity index (χ2n) is 4.71. The van der Waals surface area contributed by atoms with Crippen LogP contribution in [-0.4, -0.2) is 22.3 Å². The number of hydrogen-bond acceptors (Lipinski definition) is 2. The second kappa shape index (κ2) is 3.29. The summed E-state index contributed by atoms with van der Waals surface area (Å²) in [4.78, 5) is 10.6. The summed E-state index contributed by atoms with van der Waals surface area (Å²) in [5.41, 5.74) is -0.0577. The number of carbonyl (C=O) groups is 1. The van der Waals surface area contributed by atoms with E-state index >= 15 is 0 Å². The van der Waals surface area contributed by atoms with Crippen molar-refractivity contribution in [2.45, 2.75) is 39.7 Å². The van der Waals surface area contributed by atoms with E-state index in [9.17, 15) is 9.90 Å². The second-order valence-corrected chi connectivity index (χ2v) is 4.71. The van der Waals surface area contributed by atoms with Crippen molar-refractivity contribution >= 4 is 5.97 Å². The topological polar surface area (TPSA) is 57.5 Å². The van der Waals surface area contributed by atoms with E-state index in [2.05, 4.69) is 0 Å². The molecule has 0 aromatic rings. The number of aliphatic carboxylic acids is 1. The summed E-state index contributed by atoms with van der Waals surface area (Å²) in [6.07, 6.45) is 0.467. The smallest absolute Gasteiger partial charge is 0.303 e. The maximum atomic E-state index is 10.6. The molecule has 0 unspecified atom stereocenters. The van der Waals surface area contributed by atoms with Gasteiger partial charge in [-0.05, 0) is 23.7 Å². The zero-order chi connectivity index (χ0) is 10.2. The van der Waals surface area contributed by atoms with Crippen molar-refractivity contribution in [1.82, 2.24) is 0 Å². The molecule has 0 bridgehead atoms. The van der Waals surface area contributed by atoms with Crippen molar-refractivity contribution in [3.63, 3.8) is 0 Å². The van der Waals surface area contributed by atoms with Crippen LogP contribution in [0.3, 0.4) is 0 Å². The summed E-state index contributed by atoms with van der Waals surface area (Å²) in [7, 11) is 0. The Bertz CT molecular complexity index is 210. The van der Waals surface area contributed by atoms with E-state index in [-0.39, 0.29) is 29.8 Å². The van der Waals surface area contributed by atoms with Gasteiger partial charge in [-0.15, -0.1) is 0 Å². The van der Waals surface area contributed by atoms with Gasteiger partial charge in [0.25, 0.3) is 0 Å². The molecule has 3 nitrogen and oxygen atoms in total. The van der Waals surface area contributed by atoms with E-state index in [0.717, 1.165) is 0 Å². The van der Waals surface area contributed by atoms with Gasteiger partial charge in [-0.2, -0.15) is 0 Å². The van der Waals surface area contributed by atoms with Crippen LogP contribution in [0.25, 0.3) is 0 Å². The lowest BCUT2D eigenvalue weighted by atomic mass is 9.75. The zero-order valence-electron chi connectivity index (χ0n) is 8.45. The van der Waals surface area contributed by atoms with Crippen LogP contribution >= 0.6 is 0 Å². The van der Waals surface area contributed by atoms with E-state index in [1.54, 1.807) is 0 Å². The minimum atomic E-state index is -0.764. The first-order chi connectivity index (χ1) is 5.85. The van der Waals surface area contributed by atoms with Gasteiger partial charge in [-0.3, -0.25) is 4.79 Å². The number of hydrogen-bond donors (Lipinski definition) is 2. The Morgan fingerprint density at radius 3 is 2.38 bits per heavy atom. The van der Waals surface area contributed by atoms with E-state index in [4.69, 9.17) is 5.11 Å². The van der Waals surface area contributed by atoms with Gasteiger partial charge in [0.15, 0.2) is 0 Å². The highest BCUT2D eigenvalue weighted by Gasteiger charge is 2.46. The molecule has 3 heteroatoms. The Labute approximate surface area is 78.8 Å². The molecule has 13 heavy (non-hydrogen) atoms. The van der Waals surface area contributed by atoms with Gasteiger partial charge < -0.3 is 10.2 Å². The highest BCUT2D eigenvalue weighted by atomic mass is 16.4. The average molecular weight is 186 g/mol. The van der Waals surface area contributed by atoms with Crippen molar-refractivity contribution in [3.8, 4) is 0 Å². The SMILES string of the molecule is C[C@@H]1[C@H](O)C[C@@H](CC(=O)O)C1(C)C. The number of carboxylic acid groups (broad SMARTS) is 1. The van der Waals surface area contributed by atoms with E-state index < -0.39 is 5.97 Å². The Morgan fingerprint density at radius 1 is 1.54 bits per heavy atom. The van der Waals surface area contributed by atoms with Crippen LogP contribution in [0, 0.1) is 17.3 Å². The van der Waals surface area contributed by atoms with Gasteiger partial charge in [0, 0.05) is 6.42 Å². The molecule has 0 radical (unpaired) electrons. The highest BCUT2D eigenvalue weighted by molar-refractivity contribution is 5.67. The predicted molar refractivity (Wildman–Crippen MR) is 49.3 cm³/mol. The molecule has 0 heterocycles. The van der Waals surface area contributed by atoms with Gasteiger partial charge in [0.1, 0.15) is 0 Å². The standard InChI is InChI=1S/C10H18O3/c1-6-8(11)4-7(5-9(12)13)10(6,2)3/h6-8,11H,4-5H2,1-3H3,(H,12,13)/t6-,7+,8-/m1/s1. The molecule has 3 atom stereocenters. The molecular formula is C10H18O3. The molecule has 76 valence electrons. The third-order valence-corrected chi connectivity index (χ3v) is 3.75. The van der Waals surface area contributed by atoms with Crippen molar-refractivity contribution in [3.05, 3.63) is 0 Å². The largest absolute Gasteiger partial charge is 0.481 e. The molecule has 0 amide bonds. The summed E-state index contributed by atoms with van der Waals surface area (Å²) in [6.45, 7) is 6.08. The molecule has 1 fully saturated rings. The molecule has 0 saturated heterocycles. The summed E-state index contributed by atoms with van der Waals surface area (Å²) in [5.74, 6) is -0.466. The van der Waals surface area contributed by atoms with Crippen molar-refractivity contribution in [1.29, 1.82) is 0 Å². The van der Waals surface area contributed by atoms with Crippen LogP contribution in [0.4, 0.5) is 0 Å². The fourth-order valence-electron chi connectivity index (χ4n) is 2.22. The fraction of sp³-hybridized carbons (Fsp3) is 0.900. The third-order valence-electron chi connectivity index (χ3n) is 3.75. The van der Waals surface area contributed by atoms with Crippen LogP contribution < -0.4 is 0 Å². The number of carboxylic acids is 1. The van der Waals surface area contributed by atoms with Crippen LogP contribution in [0.15, 0.2) is 0 Å². The predicted octanol–water partition coefficient (Wildman–Crippen LogP) is 1.50. The Kier molecular flexibility index (Phi) is 2.66. The molecule has 2 N–H and O–H groups in total. The highest BCUT2D eigenvalue weighted by Crippen LogP contribution is 2.48. The summed E-state index contributed by atoms with van der Waals surface area (Å²) < 4.78 is 0. The lowest BCUT2D eigenvalue weighted by Gasteiger charge is -2.30. The van der Waals surface area contributed by atoms with Gasteiger partial charge in [0.2, 0.25) is 0 Å². The Balaban J connectivity index is 2.72. The maximum absolute atomic E-state index is 10.6. The Morgan fingerprint density at radius 2 is 2.08 bits per heavy atom. The normalized spacial score (nSPS) is 37.7. The molecule has 0 spiro atoms. The minimum Gasteiger partial charge on any atom is -0.481 e. The average Bonchev–Trinajstić information content (AvgIpc) is 2.15. The monoisotopic (exact) mass is 186 g/mol. The quantitative estimate of drug-likeness (QED) is 0.687. The van der Waals surface area contributed by atoms with Crippen molar-refractivity contribution in [2.24, 2.45) is 17.3 Å². The van der Waals surface area contributed by atoms with Crippen LogP contribution in [-0.2, 0) is 4.79 Å². The van der Waals surface area contributed by atoms with Gasteiger partial charge >= 0.3 is 5.97 Å². The first-order valence-electron chi connectivity index (χ1n) is 4.75. The van der Waals surface area contributed by atoms with Gasteiger partial charge in [-0.25, -0.2) is 0 Å². The summed E-state index contributed by atoms with van der Waals surface area (Å²) in [5, 5.41) is 18.3. The molecule has 0 aromatic carbocycles. The first-order valence-corrected chi connectivity index (χ1v) is 4.75. The minimum absolute atomic E-state index is 0.0577. The van der Waals surface area contributed by atoms with Gasteiger partial charge in [-0.1, -0.05) is 20.8 Å². The molecule has 1 aliphatic carbocycles. The van der Waals surface area contributed by atoms with Crippen LogP contribution in [0.5, 0.6) is 0 Å². The number of rotatable bonds is 2. The van der Waals surface area contributed by atoms with Gasteiger partial charge in [0.05, 0.1) is 6.10 Å². The first kappa shape index (κ1) is 10.5. The third kappa shape index (κ3) is 1.85. The van der Waals surface area contributed by atoms with E-state index in [1.165, 1.54) is 0 Å². The molecule has 0 aliphatic heterocycles. The summed E-state index contributed by atoms with van der Waals surface area (Å²) >= 11 is 0. The number of aliphatic hydroxyl groups excluding tert-OH is 1. The van der Waals surface area contributed by atoms with Crippen molar-refractivity contribution in [2.75, 3.05) is 0 Å². The fourth-order valence-corrected chi connectivity index (χ4v) is 2.22. The van der Waals surface area contributed by atoms with Crippen molar-refractivity contribution < 1.29 is 15.0 Å². The Hall–Kier alpha value is -0.570. The lowest BCUT2D eigenvalue weighted by Crippen LogP contribution is -2.27. The molecular weight excluding hydrogens is 168 g/mol.